The lowest BCUT2D eigenvalue weighted by molar-refractivity contribution is 0.217. The maximum Gasteiger partial charge on any atom is 0.282 e. The molecule has 0 unspecified atom stereocenters. The maximum atomic E-state index is 11.9. The van der Waals surface area contributed by atoms with Crippen LogP contribution in [-0.4, -0.2) is 47.4 Å². The fourth-order valence-corrected chi connectivity index (χ4v) is 3.04. The van der Waals surface area contributed by atoms with Crippen LogP contribution >= 0.6 is 15.9 Å². The van der Waals surface area contributed by atoms with Crippen LogP contribution in [0.25, 0.3) is 0 Å². The highest BCUT2D eigenvalue weighted by Crippen LogP contribution is 2.23. The van der Waals surface area contributed by atoms with E-state index < -0.39 is 0 Å². The van der Waals surface area contributed by atoms with Crippen molar-refractivity contribution >= 4 is 21.6 Å². The summed E-state index contributed by atoms with van der Waals surface area (Å²) in [5.74, 6) is 0. The van der Waals surface area contributed by atoms with Crippen molar-refractivity contribution < 1.29 is 0 Å². The quantitative estimate of drug-likeness (QED) is 0.831. The molecule has 0 aliphatic carbocycles. The summed E-state index contributed by atoms with van der Waals surface area (Å²) in [6, 6.07) is 0. The summed E-state index contributed by atoms with van der Waals surface area (Å²) in [6.45, 7) is 12.0. The van der Waals surface area contributed by atoms with E-state index in [-0.39, 0.29) is 5.56 Å². The van der Waals surface area contributed by atoms with Gasteiger partial charge in [-0.1, -0.05) is 20.8 Å². The van der Waals surface area contributed by atoms with Gasteiger partial charge in [0.2, 0.25) is 0 Å². The van der Waals surface area contributed by atoms with Crippen molar-refractivity contribution in [2.24, 2.45) is 12.5 Å². The number of anilines is 1. The third kappa shape index (κ3) is 4.30. The van der Waals surface area contributed by atoms with Crippen LogP contribution < -0.4 is 10.5 Å². The molecule has 0 radical (unpaired) electrons. The van der Waals surface area contributed by atoms with Gasteiger partial charge >= 0.3 is 0 Å². The fraction of sp³-hybridized carbons (Fsp3) is 0.733. The fourth-order valence-electron chi connectivity index (χ4n) is 2.43. The predicted molar refractivity (Wildman–Crippen MR) is 89.9 cm³/mol. The maximum absolute atomic E-state index is 11.9. The Morgan fingerprint density at radius 3 is 2.43 bits per heavy atom. The van der Waals surface area contributed by atoms with E-state index in [0.717, 1.165) is 38.4 Å². The summed E-state index contributed by atoms with van der Waals surface area (Å²) in [7, 11) is 1.67. The van der Waals surface area contributed by atoms with Crippen molar-refractivity contribution in [3.8, 4) is 0 Å². The lowest BCUT2D eigenvalue weighted by Crippen LogP contribution is -2.47. The Morgan fingerprint density at radius 2 is 1.86 bits per heavy atom. The Morgan fingerprint density at radius 1 is 1.24 bits per heavy atom. The first kappa shape index (κ1) is 16.5. The van der Waals surface area contributed by atoms with E-state index in [4.69, 9.17) is 0 Å². The van der Waals surface area contributed by atoms with Crippen LogP contribution in [0.3, 0.4) is 0 Å². The SMILES string of the molecule is Cn1ncc(N2CCN(CCC(C)(C)C)CC2)c(Br)c1=O. The Hall–Kier alpha value is -0.880. The summed E-state index contributed by atoms with van der Waals surface area (Å²) in [5.41, 5.74) is 1.21. The van der Waals surface area contributed by atoms with Crippen LogP contribution in [0.2, 0.25) is 0 Å². The Bertz CT molecular complexity index is 542. The highest BCUT2D eigenvalue weighted by molar-refractivity contribution is 9.10. The average Bonchev–Trinajstić information content (AvgIpc) is 2.43. The molecule has 1 aromatic heterocycles. The van der Waals surface area contributed by atoms with Crippen LogP contribution in [0.1, 0.15) is 27.2 Å². The minimum atomic E-state index is -0.0809. The molecule has 0 aromatic carbocycles. The van der Waals surface area contributed by atoms with Gasteiger partial charge in [0.1, 0.15) is 4.47 Å². The van der Waals surface area contributed by atoms with Gasteiger partial charge in [-0.3, -0.25) is 9.69 Å². The molecule has 0 atom stereocenters. The molecule has 0 amide bonds. The number of hydrogen-bond donors (Lipinski definition) is 0. The minimum absolute atomic E-state index is 0.0809. The summed E-state index contributed by atoms with van der Waals surface area (Å²) < 4.78 is 1.97. The van der Waals surface area contributed by atoms with Crippen LogP contribution in [0.5, 0.6) is 0 Å². The molecule has 2 heterocycles. The highest BCUT2D eigenvalue weighted by Gasteiger charge is 2.21. The molecule has 1 aromatic rings. The molecule has 21 heavy (non-hydrogen) atoms. The van der Waals surface area contributed by atoms with Crippen molar-refractivity contribution in [2.45, 2.75) is 27.2 Å². The van der Waals surface area contributed by atoms with Crippen LogP contribution in [0.15, 0.2) is 15.5 Å². The van der Waals surface area contributed by atoms with Gasteiger partial charge in [-0.2, -0.15) is 5.10 Å². The standard InChI is InChI=1S/C15H25BrN4O/c1-15(2,3)5-6-19-7-9-20(10-8-19)12-11-17-18(4)14(21)13(12)16/h11H,5-10H2,1-4H3. The van der Waals surface area contributed by atoms with Crippen LogP contribution in [0, 0.1) is 5.41 Å². The number of nitrogens with zero attached hydrogens (tertiary/aromatic N) is 4. The predicted octanol–water partition coefficient (Wildman–Crippen LogP) is 2.10. The summed E-state index contributed by atoms with van der Waals surface area (Å²) in [4.78, 5) is 16.7. The lowest BCUT2D eigenvalue weighted by Gasteiger charge is -2.37. The summed E-state index contributed by atoms with van der Waals surface area (Å²) in [6.07, 6.45) is 2.99. The van der Waals surface area contributed by atoms with E-state index in [1.165, 1.54) is 11.1 Å². The summed E-state index contributed by atoms with van der Waals surface area (Å²) >= 11 is 3.41. The molecule has 6 heteroatoms. The first-order chi connectivity index (χ1) is 9.78. The first-order valence-corrected chi connectivity index (χ1v) is 8.26. The molecular formula is C15H25BrN4O. The number of rotatable bonds is 3. The van der Waals surface area contributed by atoms with Gasteiger partial charge < -0.3 is 4.90 Å². The molecule has 0 bridgehead atoms. The number of halogens is 1. The average molecular weight is 357 g/mol. The van der Waals surface area contributed by atoms with E-state index in [2.05, 4.69) is 51.6 Å². The van der Waals surface area contributed by atoms with Gasteiger partial charge in [-0.05, 0) is 34.3 Å². The topological polar surface area (TPSA) is 41.4 Å². The molecule has 1 saturated heterocycles. The molecule has 0 saturated carbocycles. The van der Waals surface area contributed by atoms with Crippen molar-refractivity contribution in [1.29, 1.82) is 0 Å². The molecular weight excluding hydrogens is 332 g/mol. The lowest BCUT2D eigenvalue weighted by atomic mass is 9.92. The Labute approximate surface area is 135 Å². The number of hydrogen-bond acceptors (Lipinski definition) is 4. The zero-order valence-corrected chi connectivity index (χ0v) is 15.0. The minimum Gasteiger partial charge on any atom is -0.367 e. The van der Waals surface area contributed by atoms with Gasteiger partial charge in [-0.25, -0.2) is 4.68 Å². The molecule has 5 nitrogen and oxygen atoms in total. The molecule has 0 spiro atoms. The monoisotopic (exact) mass is 356 g/mol. The van der Waals surface area contributed by atoms with Crippen LogP contribution in [0.4, 0.5) is 5.69 Å². The third-order valence-corrected chi connectivity index (χ3v) is 4.70. The van der Waals surface area contributed by atoms with E-state index in [1.54, 1.807) is 13.2 Å². The van der Waals surface area contributed by atoms with Gasteiger partial charge in [0.15, 0.2) is 0 Å². The second-order valence-electron chi connectivity index (χ2n) is 6.91. The largest absolute Gasteiger partial charge is 0.367 e. The van der Waals surface area contributed by atoms with Crippen LogP contribution in [-0.2, 0) is 7.05 Å². The zero-order chi connectivity index (χ0) is 15.6. The first-order valence-electron chi connectivity index (χ1n) is 7.47. The second-order valence-corrected chi connectivity index (χ2v) is 7.70. The van der Waals surface area contributed by atoms with Crippen molar-refractivity contribution in [3.05, 3.63) is 21.0 Å². The van der Waals surface area contributed by atoms with Gasteiger partial charge in [0, 0.05) is 33.2 Å². The number of aromatic nitrogens is 2. The third-order valence-electron chi connectivity index (χ3n) is 3.95. The molecule has 2 rings (SSSR count). The number of aryl methyl sites for hydroxylation is 1. The van der Waals surface area contributed by atoms with Gasteiger partial charge in [0.25, 0.3) is 5.56 Å². The van der Waals surface area contributed by atoms with E-state index in [9.17, 15) is 4.79 Å². The van der Waals surface area contributed by atoms with E-state index in [1.807, 2.05) is 0 Å². The highest BCUT2D eigenvalue weighted by atomic mass is 79.9. The molecule has 1 aliphatic rings. The Kier molecular flexibility index (Phi) is 5.09. The zero-order valence-electron chi connectivity index (χ0n) is 13.4. The van der Waals surface area contributed by atoms with Crippen molar-refractivity contribution in [1.82, 2.24) is 14.7 Å². The van der Waals surface area contributed by atoms with Crippen molar-refractivity contribution in [2.75, 3.05) is 37.6 Å². The van der Waals surface area contributed by atoms with E-state index in [0.29, 0.717) is 9.89 Å². The second kappa shape index (κ2) is 6.48. The normalized spacial score (nSPS) is 17.3. The smallest absolute Gasteiger partial charge is 0.282 e. The molecule has 1 fully saturated rings. The number of piperazine rings is 1. The van der Waals surface area contributed by atoms with Gasteiger partial charge in [0.05, 0.1) is 11.9 Å². The molecule has 0 N–H and O–H groups in total. The molecule has 1 aliphatic heterocycles. The molecule has 118 valence electrons. The van der Waals surface area contributed by atoms with E-state index >= 15 is 0 Å². The Balaban J connectivity index is 1.95. The van der Waals surface area contributed by atoms with Gasteiger partial charge in [-0.15, -0.1) is 0 Å². The van der Waals surface area contributed by atoms with Crippen molar-refractivity contribution in [3.63, 3.8) is 0 Å². The summed E-state index contributed by atoms with van der Waals surface area (Å²) in [5, 5.41) is 4.12.